The molecule has 1 atom stereocenters. The molecule has 1 aliphatic heterocycles. The Bertz CT molecular complexity index is 660. The smallest absolute Gasteiger partial charge is 0.191 e. The summed E-state index contributed by atoms with van der Waals surface area (Å²) in [5.74, 6) is 0.876. The molecule has 0 amide bonds. The highest BCUT2D eigenvalue weighted by atomic mass is 16.5. The number of morpholine rings is 1. The molecule has 1 aromatic rings. The summed E-state index contributed by atoms with van der Waals surface area (Å²) in [5.41, 5.74) is 3.02. The van der Waals surface area contributed by atoms with Crippen LogP contribution in [0, 0.1) is 5.41 Å². The van der Waals surface area contributed by atoms with Crippen LogP contribution in [0.15, 0.2) is 29.3 Å². The summed E-state index contributed by atoms with van der Waals surface area (Å²) in [6.45, 7) is 8.55. The third-order valence-electron chi connectivity index (χ3n) is 6.29. The SMILES string of the molecule is CN=C(NCc1cccc(CN2CCOC(C)C2)c1)NCC1(CCOC)CCC1. The van der Waals surface area contributed by atoms with Gasteiger partial charge in [-0.3, -0.25) is 9.89 Å². The van der Waals surface area contributed by atoms with Crippen molar-refractivity contribution in [3.63, 3.8) is 0 Å². The monoisotopic (exact) mass is 402 g/mol. The van der Waals surface area contributed by atoms with Gasteiger partial charge in [-0.25, -0.2) is 0 Å². The maximum atomic E-state index is 5.65. The Balaban J connectivity index is 1.46. The van der Waals surface area contributed by atoms with E-state index >= 15 is 0 Å². The van der Waals surface area contributed by atoms with E-state index in [9.17, 15) is 0 Å². The molecule has 1 saturated carbocycles. The van der Waals surface area contributed by atoms with Gasteiger partial charge in [0.05, 0.1) is 12.7 Å². The van der Waals surface area contributed by atoms with Crippen LogP contribution in [0.2, 0.25) is 0 Å². The minimum absolute atomic E-state index is 0.325. The highest BCUT2D eigenvalue weighted by molar-refractivity contribution is 5.79. The second-order valence-corrected chi connectivity index (χ2v) is 8.61. The molecule has 6 heteroatoms. The number of hydrogen-bond acceptors (Lipinski definition) is 4. The Morgan fingerprint density at radius 1 is 1.31 bits per heavy atom. The number of aliphatic imine (C=N–C) groups is 1. The fourth-order valence-electron chi connectivity index (χ4n) is 4.32. The van der Waals surface area contributed by atoms with Crippen LogP contribution in [0.25, 0.3) is 0 Å². The molecule has 2 fully saturated rings. The standard InChI is InChI=1S/C23H38N4O2/c1-19-16-27(11-13-29-19)17-21-7-4-6-20(14-21)15-25-22(24-2)26-18-23(8-5-9-23)10-12-28-3/h4,6-7,14,19H,5,8-13,15-18H2,1-3H3,(H2,24,25,26). The summed E-state index contributed by atoms with van der Waals surface area (Å²) >= 11 is 0. The van der Waals surface area contributed by atoms with Gasteiger partial charge in [0.2, 0.25) is 0 Å². The number of nitrogens with zero attached hydrogens (tertiary/aromatic N) is 2. The van der Waals surface area contributed by atoms with E-state index in [1.165, 1.54) is 30.4 Å². The van der Waals surface area contributed by atoms with Crippen molar-refractivity contribution in [1.82, 2.24) is 15.5 Å². The fraction of sp³-hybridized carbons (Fsp3) is 0.696. The summed E-state index contributed by atoms with van der Waals surface area (Å²) in [5, 5.41) is 7.01. The second kappa shape index (κ2) is 11.0. The lowest BCUT2D eigenvalue weighted by Gasteiger charge is -2.42. The summed E-state index contributed by atoms with van der Waals surface area (Å²) in [7, 11) is 3.63. The molecule has 3 rings (SSSR count). The first kappa shape index (κ1) is 22.1. The Kier molecular flexibility index (Phi) is 8.33. The topological polar surface area (TPSA) is 58.1 Å². The first-order valence-corrected chi connectivity index (χ1v) is 11.0. The van der Waals surface area contributed by atoms with E-state index in [0.717, 1.165) is 58.3 Å². The maximum absolute atomic E-state index is 5.65. The van der Waals surface area contributed by atoms with Gasteiger partial charge in [-0.2, -0.15) is 0 Å². The van der Waals surface area contributed by atoms with Crippen LogP contribution in [0.3, 0.4) is 0 Å². The predicted octanol–water partition coefficient (Wildman–Crippen LogP) is 2.78. The zero-order chi connectivity index (χ0) is 20.5. The summed E-state index contributed by atoms with van der Waals surface area (Å²) in [6, 6.07) is 8.84. The Hall–Kier alpha value is -1.63. The van der Waals surface area contributed by atoms with Gasteiger partial charge in [0.1, 0.15) is 0 Å². The molecule has 0 radical (unpaired) electrons. The first-order valence-electron chi connectivity index (χ1n) is 11.0. The van der Waals surface area contributed by atoms with Crippen LogP contribution >= 0.6 is 0 Å². The third kappa shape index (κ3) is 6.69. The van der Waals surface area contributed by atoms with Crippen molar-refractivity contribution in [2.24, 2.45) is 10.4 Å². The molecule has 1 saturated heterocycles. The van der Waals surface area contributed by atoms with E-state index in [1.807, 2.05) is 7.05 Å². The zero-order valence-electron chi connectivity index (χ0n) is 18.4. The van der Waals surface area contributed by atoms with Crippen molar-refractivity contribution in [2.75, 3.05) is 47.0 Å². The van der Waals surface area contributed by atoms with Gasteiger partial charge in [-0.1, -0.05) is 30.7 Å². The minimum atomic E-state index is 0.325. The molecule has 1 unspecified atom stereocenters. The maximum Gasteiger partial charge on any atom is 0.191 e. The van der Waals surface area contributed by atoms with Gasteiger partial charge in [0, 0.05) is 53.5 Å². The Morgan fingerprint density at radius 2 is 2.14 bits per heavy atom. The van der Waals surface area contributed by atoms with Crippen LogP contribution in [0.1, 0.15) is 43.7 Å². The lowest BCUT2D eigenvalue weighted by atomic mass is 9.67. The number of guanidine groups is 1. The number of ether oxygens (including phenoxy) is 2. The average Bonchev–Trinajstić information content (AvgIpc) is 2.69. The quantitative estimate of drug-likeness (QED) is 0.491. The van der Waals surface area contributed by atoms with Crippen molar-refractivity contribution in [1.29, 1.82) is 0 Å². The normalized spacial score (nSPS) is 22.2. The molecule has 0 spiro atoms. The van der Waals surface area contributed by atoms with Gasteiger partial charge in [0.15, 0.2) is 5.96 Å². The van der Waals surface area contributed by atoms with Crippen LogP contribution < -0.4 is 10.6 Å². The molecular weight excluding hydrogens is 364 g/mol. The van der Waals surface area contributed by atoms with E-state index in [2.05, 4.69) is 51.7 Å². The predicted molar refractivity (Wildman–Crippen MR) is 118 cm³/mol. The van der Waals surface area contributed by atoms with E-state index in [4.69, 9.17) is 9.47 Å². The van der Waals surface area contributed by atoms with Crippen molar-refractivity contribution in [3.8, 4) is 0 Å². The number of benzene rings is 1. The lowest BCUT2D eigenvalue weighted by Crippen LogP contribution is -2.46. The molecule has 1 aliphatic carbocycles. The zero-order valence-corrected chi connectivity index (χ0v) is 18.4. The molecule has 2 aliphatic rings. The number of rotatable bonds is 9. The van der Waals surface area contributed by atoms with Gasteiger partial charge in [-0.05, 0) is 42.7 Å². The van der Waals surface area contributed by atoms with Crippen molar-refractivity contribution in [2.45, 2.75) is 51.8 Å². The molecule has 162 valence electrons. The van der Waals surface area contributed by atoms with E-state index in [1.54, 1.807) is 7.11 Å². The molecule has 1 heterocycles. The summed E-state index contributed by atoms with van der Waals surface area (Å²) < 4.78 is 10.9. The molecule has 0 bridgehead atoms. The molecule has 29 heavy (non-hydrogen) atoms. The number of methoxy groups -OCH3 is 1. The van der Waals surface area contributed by atoms with Crippen LogP contribution in [-0.4, -0.2) is 64.0 Å². The average molecular weight is 403 g/mol. The van der Waals surface area contributed by atoms with Gasteiger partial charge in [0.25, 0.3) is 0 Å². The lowest BCUT2D eigenvalue weighted by molar-refractivity contribution is -0.0212. The Labute approximate surface area is 176 Å². The second-order valence-electron chi connectivity index (χ2n) is 8.61. The largest absolute Gasteiger partial charge is 0.385 e. The van der Waals surface area contributed by atoms with Crippen molar-refractivity contribution < 1.29 is 9.47 Å². The van der Waals surface area contributed by atoms with E-state index in [-0.39, 0.29) is 0 Å². The minimum Gasteiger partial charge on any atom is -0.385 e. The molecule has 6 nitrogen and oxygen atoms in total. The number of hydrogen-bond donors (Lipinski definition) is 2. The molecule has 1 aromatic carbocycles. The summed E-state index contributed by atoms with van der Waals surface area (Å²) in [4.78, 5) is 6.88. The Morgan fingerprint density at radius 3 is 2.83 bits per heavy atom. The molecule has 0 aromatic heterocycles. The molecule has 2 N–H and O–H groups in total. The molecular formula is C23H38N4O2. The highest BCUT2D eigenvalue weighted by Crippen LogP contribution is 2.43. The number of nitrogens with one attached hydrogen (secondary N) is 2. The van der Waals surface area contributed by atoms with Crippen LogP contribution in [-0.2, 0) is 22.6 Å². The highest BCUT2D eigenvalue weighted by Gasteiger charge is 2.36. The van der Waals surface area contributed by atoms with E-state index in [0.29, 0.717) is 11.5 Å². The third-order valence-corrected chi connectivity index (χ3v) is 6.29. The van der Waals surface area contributed by atoms with Gasteiger partial charge in [-0.15, -0.1) is 0 Å². The van der Waals surface area contributed by atoms with Crippen molar-refractivity contribution >= 4 is 5.96 Å². The van der Waals surface area contributed by atoms with E-state index < -0.39 is 0 Å². The van der Waals surface area contributed by atoms with Crippen molar-refractivity contribution in [3.05, 3.63) is 35.4 Å². The fourth-order valence-corrected chi connectivity index (χ4v) is 4.32. The summed E-state index contributed by atoms with van der Waals surface area (Å²) in [6.07, 6.45) is 5.33. The van der Waals surface area contributed by atoms with Gasteiger partial charge >= 0.3 is 0 Å². The van der Waals surface area contributed by atoms with Crippen LogP contribution in [0.4, 0.5) is 0 Å². The van der Waals surface area contributed by atoms with Gasteiger partial charge < -0.3 is 20.1 Å². The first-order chi connectivity index (χ1) is 14.1. The van der Waals surface area contributed by atoms with Crippen LogP contribution in [0.5, 0.6) is 0 Å².